The van der Waals surface area contributed by atoms with E-state index in [2.05, 4.69) is 11.1 Å². The second-order valence-electron chi connectivity index (χ2n) is 2.64. The van der Waals surface area contributed by atoms with Crippen molar-refractivity contribution in [3.63, 3.8) is 0 Å². The molecule has 0 saturated carbocycles. The number of amidine groups is 1. The van der Waals surface area contributed by atoms with Crippen molar-refractivity contribution < 1.29 is 0 Å². The minimum absolute atomic E-state index is 0.447. The second kappa shape index (κ2) is 5.30. The Morgan fingerprint density at radius 1 is 1.50 bits per heavy atom. The van der Waals surface area contributed by atoms with Crippen LogP contribution in [0.4, 0.5) is 0 Å². The molecule has 4 heteroatoms. The minimum Gasteiger partial charge on any atom is -0.378 e. The molecule has 0 saturated heterocycles. The third-order valence-electron chi connectivity index (χ3n) is 1.65. The summed E-state index contributed by atoms with van der Waals surface area (Å²) in [4.78, 5) is 4.88. The van der Waals surface area contributed by atoms with Gasteiger partial charge in [-0.1, -0.05) is 23.9 Å². The van der Waals surface area contributed by atoms with Gasteiger partial charge in [0.15, 0.2) is 5.17 Å². The number of hydrogen-bond acceptors (Lipinski definition) is 3. The normalized spacial score (nSPS) is 11.0. The summed E-state index contributed by atoms with van der Waals surface area (Å²) < 4.78 is 0. The zero-order valence-electron chi connectivity index (χ0n) is 7.90. The third-order valence-corrected chi connectivity index (χ3v) is 2.55. The fraction of sp³-hybridized carbons (Fsp3) is 0.200. The molecule has 0 aromatic heterocycles. The minimum atomic E-state index is 0.447. The average molecular weight is 205 g/mol. The molecule has 0 aliphatic carbocycles. The lowest BCUT2D eigenvalue weighted by molar-refractivity contribution is 1.24. The first-order valence-electron chi connectivity index (χ1n) is 4.12. The molecular formula is C10H11N3S. The lowest BCUT2D eigenvalue weighted by Crippen LogP contribution is -2.05. The molecule has 0 bridgehead atoms. The Labute approximate surface area is 87.6 Å². The van der Waals surface area contributed by atoms with Crippen LogP contribution in [0, 0.1) is 11.3 Å². The highest BCUT2D eigenvalue weighted by molar-refractivity contribution is 8.13. The monoisotopic (exact) mass is 205 g/mol. The van der Waals surface area contributed by atoms with E-state index in [0.29, 0.717) is 11.6 Å². The van der Waals surface area contributed by atoms with Crippen LogP contribution in [0.2, 0.25) is 0 Å². The molecule has 0 spiro atoms. The molecule has 0 aliphatic rings. The molecule has 14 heavy (non-hydrogen) atoms. The first kappa shape index (κ1) is 10.6. The summed E-state index contributed by atoms with van der Waals surface area (Å²) in [6.07, 6.45) is 0.447. The van der Waals surface area contributed by atoms with Gasteiger partial charge in [0.25, 0.3) is 0 Å². The molecule has 0 fully saturated rings. The van der Waals surface area contributed by atoms with E-state index in [1.54, 1.807) is 7.05 Å². The zero-order chi connectivity index (χ0) is 10.4. The van der Waals surface area contributed by atoms with Gasteiger partial charge in [-0.15, -0.1) is 0 Å². The SMILES string of the molecule is CN=C(N)Sc1ccc(CC#N)cc1. The summed E-state index contributed by atoms with van der Waals surface area (Å²) in [7, 11) is 1.66. The molecular weight excluding hydrogens is 194 g/mol. The topological polar surface area (TPSA) is 62.2 Å². The highest BCUT2D eigenvalue weighted by atomic mass is 32.2. The average Bonchev–Trinajstić information content (AvgIpc) is 2.21. The highest BCUT2D eigenvalue weighted by Crippen LogP contribution is 2.18. The summed E-state index contributed by atoms with van der Waals surface area (Å²) >= 11 is 1.42. The van der Waals surface area contributed by atoms with Crippen molar-refractivity contribution in [2.75, 3.05) is 7.05 Å². The van der Waals surface area contributed by atoms with Crippen molar-refractivity contribution in [2.24, 2.45) is 10.7 Å². The van der Waals surface area contributed by atoms with Crippen LogP contribution < -0.4 is 5.73 Å². The van der Waals surface area contributed by atoms with Crippen LogP contribution in [0.3, 0.4) is 0 Å². The molecule has 3 nitrogen and oxygen atoms in total. The first-order valence-corrected chi connectivity index (χ1v) is 4.94. The first-order chi connectivity index (χ1) is 6.76. The molecule has 2 N–H and O–H groups in total. The van der Waals surface area contributed by atoms with Crippen molar-refractivity contribution in [3.8, 4) is 6.07 Å². The molecule has 0 atom stereocenters. The maximum atomic E-state index is 8.48. The van der Waals surface area contributed by atoms with Crippen LogP contribution in [-0.2, 0) is 6.42 Å². The molecule has 0 amide bonds. The summed E-state index contributed by atoms with van der Waals surface area (Å²) in [5.41, 5.74) is 6.58. The number of hydrogen-bond donors (Lipinski definition) is 1. The van der Waals surface area contributed by atoms with Crippen LogP contribution in [0.25, 0.3) is 0 Å². The lowest BCUT2D eigenvalue weighted by Gasteiger charge is -2.00. The van der Waals surface area contributed by atoms with Gasteiger partial charge >= 0.3 is 0 Å². The van der Waals surface area contributed by atoms with Crippen molar-refractivity contribution in [2.45, 2.75) is 11.3 Å². The van der Waals surface area contributed by atoms with Gasteiger partial charge in [-0.2, -0.15) is 5.26 Å². The van der Waals surface area contributed by atoms with Crippen LogP contribution in [0.5, 0.6) is 0 Å². The number of nitriles is 1. The fourth-order valence-electron chi connectivity index (χ4n) is 0.933. The molecule has 1 aromatic carbocycles. The number of rotatable bonds is 2. The predicted molar refractivity (Wildman–Crippen MR) is 59.2 cm³/mol. The van der Waals surface area contributed by atoms with Gasteiger partial charge in [-0.3, -0.25) is 4.99 Å². The maximum Gasteiger partial charge on any atom is 0.158 e. The van der Waals surface area contributed by atoms with E-state index >= 15 is 0 Å². The van der Waals surface area contributed by atoms with Crippen LogP contribution in [0.15, 0.2) is 34.2 Å². The molecule has 1 aromatic rings. The van der Waals surface area contributed by atoms with Gasteiger partial charge in [0.05, 0.1) is 12.5 Å². The Balaban J connectivity index is 2.69. The summed E-state index contributed by atoms with van der Waals surface area (Å²) in [6.45, 7) is 0. The van der Waals surface area contributed by atoms with Crippen LogP contribution in [0.1, 0.15) is 5.56 Å². The van der Waals surface area contributed by atoms with Gasteiger partial charge in [-0.05, 0) is 17.7 Å². The van der Waals surface area contributed by atoms with E-state index < -0.39 is 0 Å². The molecule has 0 aliphatic heterocycles. The van der Waals surface area contributed by atoms with Crippen LogP contribution >= 0.6 is 11.8 Å². The Hall–Kier alpha value is -1.47. The standard InChI is InChI=1S/C10H11N3S/c1-13-10(12)14-9-4-2-8(3-5-9)6-7-11/h2-5H,6H2,1H3,(H2,12,13). The largest absolute Gasteiger partial charge is 0.378 e. The summed E-state index contributed by atoms with van der Waals surface area (Å²) in [5, 5.41) is 9.02. The van der Waals surface area contributed by atoms with Crippen LogP contribution in [-0.4, -0.2) is 12.2 Å². The number of nitrogens with two attached hydrogens (primary N) is 1. The second-order valence-corrected chi connectivity index (χ2v) is 3.74. The Morgan fingerprint density at radius 2 is 2.14 bits per heavy atom. The van der Waals surface area contributed by atoms with E-state index in [9.17, 15) is 0 Å². The fourth-order valence-corrected chi connectivity index (χ4v) is 1.54. The summed E-state index contributed by atoms with van der Waals surface area (Å²) in [5.74, 6) is 0. The van der Waals surface area contributed by atoms with E-state index in [1.807, 2.05) is 24.3 Å². The van der Waals surface area contributed by atoms with Crippen molar-refractivity contribution in [1.29, 1.82) is 5.26 Å². The molecule has 0 unspecified atom stereocenters. The van der Waals surface area contributed by atoms with Crippen molar-refractivity contribution >= 4 is 16.9 Å². The zero-order valence-corrected chi connectivity index (χ0v) is 8.71. The highest BCUT2D eigenvalue weighted by Gasteiger charge is 1.97. The van der Waals surface area contributed by atoms with Gasteiger partial charge in [0.2, 0.25) is 0 Å². The van der Waals surface area contributed by atoms with Gasteiger partial charge < -0.3 is 5.73 Å². The van der Waals surface area contributed by atoms with E-state index in [-0.39, 0.29) is 0 Å². The number of aliphatic imine (C=N–C) groups is 1. The van der Waals surface area contributed by atoms with Crippen molar-refractivity contribution in [3.05, 3.63) is 29.8 Å². The maximum absolute atomic E-state index is 8.48. The number of benzene rings is 1. The van der Waals surface area contributed by atoms with Gasteiger partial charge in [-0.25, -0.2) is 0 Å². The van der Waals surface area contributed by atoms with Gasteiger partial charge in [0, 0.05) is 11.9 Å². The molecule has 0 radical (unpaired) electrons. The number of thioether (sulfide) groups is 1. The van der Waals surface area contributed by atoms with E-state index in [0.717, 1.165) is 10.5 Å². The number of nitrogens with zero attached hydrogens (tertiary/aromatic N) is 2. The summed E-state index contributed by atoms with van der Waals surface area (Å²) in [6, 6.07) is 9.83. The molecule has 0 heterocycles. The third kappa shape index (κ3) is 3.11. The Bertz CT molecular complexity index is 362. The van der Waals surface area contributed by atoms with E-state index in [4.69, 9.17) is 11.0 Å². The van der Waals surface area contributed by atoms with Gasteiger partial charge in [0.1, 0.15) is 0 Å². The smallest absolute Gasteiger partial charge is 0.158 e. The molecule has 1 rings (SSSR count). The predicted octanol–water partition coefficient (Wildman–Crippen LogP) is 1.79. The quantitative estimate of drug-likeness (QED) is 0.455. The lowest BCUT2D eigenvalue weighted by atomic mass is 10.2. The van der Waals surface area contributed by atoms with Crippen molar-refractivity contribution in [1.82, 2.24) is 0 Å². The Morgan fingerprint density at radius 3 is 2.64 bits per heavy atom. The Kier molecular flexibility index (Phi) is 4.02. The van der Waals surface area contributed by atoms with E-state index in [1.165, 1.54) is 11.8 Å². The molecule has 72 valence electrons.